The number of ether oxygens (including phenoxy) is 1. The standard InChI is InChI=1S/C12H13N3O4/c13-6-10-5-11(15(16)17)1-2-12(10)14-19-8-9-3-4-18-7-9/h1-2,5,9,14H,3-4,7-8H2. The maximum atomic E-state index is 10.6. The summed E-state index contributed by atoms with van der Waals surface area (Å²) in [6, 6.07) is 5.90. The van der Waals surface area contributed by atoms with Crippen LogP contribution < -0.4 is 5.48 Å². The van der Waals surface area contributed by atoms with E-state index in [2.05, 4.69) is 5.48 Å². The molecule has 0 bridgehead atoms. The lowest BCUT2D eigenvalue weighted by Crippen LogP contribution is -2.13. The fourth-order valence-corrected chi connectivity index (χ4v) is 1.78. The van der Waals surface area contributed by atoms with Crippen molar-refractivity contribution < 1.29 is 14.5 Å². The van der Waals surface area contributed by atoms with Crippen LogP contribution in [-0.4, -0.2) is 24.7 Å². The van der Waals surface area contributed by atoms with E-state index in [1.807, 2.05) is 6.07 Å². The summed E-state index contributed by atoms with van der Waals surface area (Å²) in [5, 5.41) is 19.5. The monoisotopic (exact) mass is 263 g/mol. The lowest BCUT2D eigenvalue weighted by atomic mass is 10.1. The summed E-state index contributed by atoms with van der Waals surface area (Å²) in [6.07, 6.45) is 0.951. The summed E-state index contributed by atoms with van der Waals surface area (Å²) < 4.78 is 5.21. The van der Waals surface area contributed by atoms with Gasteiger partial charge >= 0.3 is 0 Å². The predicted octanol–water partition coefficient (Wildman–Crippen LogP) is 1.85. The first kappa shape index (κ1) is 13.3. The molecule has 0 radical (unpaired) electrons. The van der Waals surface area contributed by atoms with E-state index >= 15 is 0 Å². The summed E-state index contributed by atoms with van der Waals surface area (Å²) in [7, 11) is 0. The zero-order valence-electron chi connectivity index (χ0n) is 10.2. The number of anilines is 1. The molecule has 1 aliphatic heterocycles. The largest absolute Gasteiger partial charge is 0.381 e. The van der Waals surface area contributed by atoms with Crippen LogP contribution in [0.1, 0.15) is 12.0 Å². The van der Waals surface area contributed by atoms with Crippen molar-refractivity contribution in [3.05, 3.63) is 33.9 Å². The highest BCUT2D eigenvalue weighted by atomic mass is 16.6. The molecule has 1 fully saturated rings. The van der Waals surface area contributed by atoms with Crippen LogP contribution in [0.15, 0.2) is 18.2 Å². The smallest absolute Gasteiger partial charge is 0.270 e. The van der Waals surface area contributed by atoms with Gasteiger partial charge in [-0.2, -0.15) is 5.26 Å². The summed E-state index contributed by atoms with van der Waals surface area (Å²) >= 11 is 0. The van der Waals surface area contributed by atoms with Crippen LogP contribution in [0.25, 0.3) is 0 Å². The highest BCUT2D eigenvalue weighted by Crippen LogP contribution is 2.21. The molecule has 0 amide bonds. The lowest BCUT2D eigenvalue weighted by Gasteiger charge is -2.11. The third-order valence-corrected chi connectivity index (χ3v) is 2.86. The number of nitrogens with zero attached hydrogens (tertiary/aromatic N) is 2. The van der Waals surface area contributed by atoms with Gasteiger partial charge in [0, 0.05) is 24.7 Å². The number of rotatable bonds is 5. The summed E-state index contributed by atoms with van der Waals surface area (Å²) in [4.78, 5) is 15.4. The first-order chi connectivity index (χ1) is 9.20. The van der Waals surface area contributed by atoms with Crippen LogP contribution in [-0.2, 0) is 9.57 Å². The molecule has 1 heterocycles. The van der Waals surface area contributed by atoms with Gasteiger partial charge in [0.25, 0.3) is 5.69 Å². The zero-order valence-corrected chi connectivity index (χ0v) is 10.2. The van der Waals surface area contributed by atoms with Gasteiger partial charge in [0.05, 0.1) is 29.4 Å². The first-order valence-electron chi connectivity index (χ1n) is 5.85. The summed E-state index contributed by atoms with van der Waals surface area (Å²) in [5.74, 6) is 0.344. The van der Waals surface area contributed by atoms with Crippen LogP contribution in [0, 0.1) is 27.4 Å². The van der Waals surface area contributed by atoms with Gasteiger partial charge in [-0.25, -0.2) is 0 Å². The molecular formula is C12H13N3O4. The van der Waals surface area contributed by atoms with E-state index in [0.29, 0.717) is 24.8 Å². The Labute approximate surface area is 109 Å². The summed E-state index contributed by atoms with van der Waals surface area (Å²) in [6.45, 7) is 1.89. The minimum atomic E-state index is -0.540. The molecule has 1 unspecified atom stereocenters. The molecule has 0 saturated carbocycles. The fraction of sp³-hybridized carbons (Fsp3) is 0.417. The van der Waals surface area contributed by atoms with Crippen molar-refractivity contribution in [3.8, 4) is 6.07 Å². The van der Waals surface area contributed by atoms with Crippen LogP contribution >= 0.6 is 0 Å². The molecule has 1 saturated heterocycles. The summed E-state index contributed by atoms with van der Waals surface area (Å²) in [5.41, 5.74) is 3.14. The second-order valence-electron chi connectivity index (χ2n) is 4.24. The molecule has 0 aromatic heterocycles. The molecule has 0 aliphatic carbocycles. The van der Waals surface area contributed by atoms with Gasteiger partial charge in [0.2, 0.25) is 0 Å². The predicted molar refractivity (Wildman–Crippen MR) is 66.3 cm³/mol. The number of nitro groups is 1. The quantitative estimate of drug-likeness (QED) is 0.643. The molecule has 19 heavy (non-hydrogen) atoms. The topological polar surface area (TPSA) is 97.4 Å². The molecular weight excluding hydrogens is 250 g/mol. The number of hydrogen-bond donors (Lipinski definition) is 1. The maximum absolute atomic E-state index is 10.6. The number of nitro benzene ring substituents is 1. The average Bonchev–Trinajstić information content (AvgIpc) is 2.92. The van der Waals surface area contributed by atoms with Crippen LogP contribution in [0.2, 0.25) is 0 Å². The lowest BCUT2D eigenvalue weighted by molar-refractivity contribution is -0.384. The molecule has 0 spiro atoms. The van der Waals surface area contributed by atoms with Gasteiger partial charge in [-0.1, -0.05) is 0 Å². The SMILES string of the molecule is N#Cc1cc([N+](=O)[O-])ccc1NOCC1CCOC1. The van der Waals surface area contributed by atoms with Gasteiger partial charge < -0.3 is 4.74 Å². The minimum Gasteiger partial charge on any atom is -0.381 e. The van der Waals surface area contributed by atoms with E-state index in [1.165, 1.54) is 18.2 Å². The van der Waals surface area contributed by atoms with Crippen molar-refractivity contribution in [1.82, 2.24) is 0 Å². The van der Waals surface area contributed by atoms with Crippen molar-refractivity contribution in [2.75, 3.05) is 25.3 Å². The minimum absolute atomic E-state index is 0.119. The Kier molecular flexibility index (Phi) is 4.28. The third kappa shape index (κ3) is 3.40. The Bertz CT molecular complexity index is 506. The van der Waals surface area contributed by atoms with Crippen molar-refractivity contribution >= 4 is 11.4 Å². The number of hydrogen-bond acceptors (Lipinski definition) is 6. The van der Waals surface area contributed by atoms with Gasteiger partial charge in [-0.3, -0.25) is 20.4 Å². The Morgan fingerprint density at radius 3 is 3.11 bits per heavy atom. The van der Waals surface area contributed by atoms with E-state index in [4.69, 9.17) is 14.8 Å². The second-order valence-corrected chi connectivity index (χ2v) is 4.24. The highest BCUT2D eigenvalue weighted by Gasteiger charge is 2.16. The third-order valence-electron chi connectivity index (χ3n) is 2.86. The van der Waals surface area contributed by atoms with Crippen molar-refractivity contribution in [3.63, 3.8) is 0 Å². The average molecular weight is 263 g/mol. The Balaban J connectivity index is 1.95. The normalized spacial score (nSPS) is 17.9. The van der Waals surface area contributed by atoms with Crippen molar-refractivity contribution in [2.45, 2.75) is 6.42 Å². The zero-order chi connectivity index (χ0) is 13.7. The molecule has 1 aliphatic rings. The fourth-order valence-electron chi connectivity index (χ4n) is 1.78. The molecule has 1 aromatic rings. The van der Waals surface area contributed by atoms with Crippen LogP contribution in [0.4, 0.5) is 11.4 Å². The molecule has 1 atom stereocenters. The van der Waals surface area contributed by atoms with E-state index in [0.717, 1.165) is 13.0 Å². The van der Waals surface area contributed by atoms with E-state index in [1.54, 1.807) is 0 Å². The molecule has 1 aromatic carbocycles. The molecule has 1 N–H and O–H groups in total. The maximum Gasteiger partial charge on any atom is 0.270 e. The van der Waals surface area contributed by atoms with E-state index in [-0.39, 0.29) is 11.3 Å². The van der Waals surface area contributed by atoms with Crippen molar-refractivity contribution in [2.24, 2.45) is 5.92 Å². The van der Waals surface area contributed by atoms with E-state index in [9.17, 15) is 10.1 Å². The number of benzene rings is 1. The molecule has 100 valence electrons. The van der Waals surface area contributed by atoms with Crippen molar-refractivity contribution in [1.29, 1.82) is 5.26 Å². The van der Waals surface area contributed by atoms with Gasteiger partial charge in [-0.05, 0) is 12.5 Å². The molecule has 7 nitrogen and oxygen atoms in total. The van der Waals surface area contributed by atoms with Gasteiger partial charge in [-0.15, -0.1) is 0 Å². The van der Waals surface area contributed by atoms with Gasteiger partial charge in [0.1, 0.15) is 6.07 Å². The first-order valence-corrected chi connectivity index (χ1v) is 5.85. The highest BCUT2D eigenvalue weighted by molar-refractivity contribution is 5.60. The Hall–Kier alpha value is -2.17. The molecule has 2 rings (SSSR count). The number of non-ortho nitro benzene ring substituents is 1. The van der Waals surface area contributed by atoms with Crippen LogP contribution in [0.5, 0.6) is 0 Å². The molecule has 7 heteroatoms. The van der Waals surface area contributed by atoms with Gasteiger partial charge in [0.15, 0.2) is 0 Å². The number of nitriles is 1. The van der Waals surface area contributed by atoms with E-state index < -0.39 is 4.92 Å². The number of nitrogens with one attached hydrogen (secondary N) is 1. The second kappa shape index (κ2) is 6.13. The van der Waals surface area contributed by atoms with Crippen LogP contribution in [0.3, 0.4) is 0 Å². The Morgan fingerprint density at radius 1 is 1.63 bits per heavy atom. The Morgan fingerprint density at radius 2 is 2.47 bits per heavy atom.